The van der Waals surface area contributed by atoms with E-state index in [0.29, 0.717) is 21.4 Å². The Bertz CT molecular complexity index is 1260. The SMILES string of the molecule is O=C(c1ccc(Cl)cc1)N(C(=S)N1c2ccccc2Sc2ccccc21)c1ccccc1. The quantitative estimate of drug-likeness (QED) is 0.280. The van der Waals surface area contributed by atoms with Gasteiger partial charge in [-0.05, 0) is 72.9 Å². The predicted molar refractivity (Wildman–Crippen MR) is 136 cm³/mol. The largest absolute Gasteiger partial charge is 0.285 e. The molecule has 0 saturated carbocycles. The number of carbonyl (C=O) groups excluding carboxylic acids is 1. The van der Waals surface area contributed by atoms with E-state index in [1.807, 2.05) is 71.6 Å². The zero-order valence-electron chi connectivity index (χ0n) is 16.8. The van der Waals surface area contributed by atoms with Gasteiger partial charge in [-0.15, -0.1) is 0 Å². The van der Waals surface area contributed by atoms with Crippen molar-refractivity contribution in [3.05, 3.63) is 114 Å². The average Bonchev–Trinajstić information content (AvgIpc) is 2.83. The van der Waals surface area contributed by atoms with E-state index in [0.717, 1.165) is 21.2 Å². The lowest BCUT2D eigenvalue weighted by Gasteiger charge is -2.36. The van der Waals surface area contributed by atoms with E-state index in [-0.39, 0.29) is 5.91 Å². The number of amides is 1. The van der Waals surface area contributed by atoms with Crippen molar-refractivity contribution < 1.29 is 4.79 Å². The molecule has 4 aromatic rings. The highest BCUT2D eigenvalue weighted by atomic mass is 35.5. The molecular weight excluding hydrogens is 456 g/mol. The van der Waals surface area contributed by atoms with Crippen LogP contribution < -0.4 is 9.80 Å². The van der Waals surface area contributed by atoms with Crippen molar-refractivity contribution in [3.63, 3.8) is 0 Å². The van der Waals surface area contributed by atoms with Gasteiger partial charge in [0.25, 0.3) is 5.91 Å². The molecule has 0 aliphatic carbocycles. The summed E-state index contributed by atoms with van der Waals surface area (Å²) >= 11 is 13.8. The van der Waals surface area contributed by atoms with Crippen LogP contribution in [0.5, 0.6) is 0 Å². The summed E-state index contributed by atoms with van der Waals surface area (Å²) in [5.74, 6) is -0.217. The fourth-order valence-corrected chi connectivity index (χ4v) is 5.19. The summed E-state index contributed by atoms with van der Waals surface area (Å²) in [6, 6.07) is 32.5. The third-order valence-electron chi connectivity index (χ3n) is 5.12. The maximum Gasteiger partial charge on any atom is 0.264 e. The third-order valence-corrected chi connectivity index (χ3v) is 6.87. The normalized spacial score (nSPS) is 12.0. The van der Waals surface area contributed by atoms with Gasteiger partial charge >= 0.3 is 0 Å². The molecule has 3 nitrogen and oxygen atoms in total. The van der Waals surface area contributed by atoms with Crippen molar-refractivity contribution in [1.82, 2.24) is 0 Å². The van der Waals surface area contributed by atoms with Gasteiger partial charge in [-0.1, -0.05) is 65.8 Å². The molecule has 1 aliphatic heterocycles. The Balaban J connectivity index is 1.65. The molecule has 0 atom stereocenters. The van der Waals surface area contributed by atoms with E-state index >= 15 is 0 Å². The van der Waals surface area contributed by atoms with Crippen molar-refractivity contribution in [2.24, 2.45) is 0 Å². The molecule has 0 radical (unpaired) electrons. The van der Waals surface area contributed by atoms with Gasteiger partial charge in [0.05, 0.1) is 17.1 Å². The summed E-state index contributed by atoms with van der Waals surface area (Å²) in [7, 11) is 0. The fourth-order valence-electron chi connectivity index (χ4n) is 3.62. The molecule has 156 valence electrons. The molecule has 0 bridgehead atoms. The summed E-state index contributed by atoms with van der Waals surface area (Å²) in [5, 5.41) is 0.961. The predicted octanol–water partition coefficient (Wildman–Crippen LogP) is 7.57. The molecule has 0 saturated heterocycles. The van der Waals surface area contributed by atoms with E-state index in [1.165, 1.54) is 0 Å². The second kappa shape index (κ2) is 8.79. The Morgan fingerprint density at radius 3 is 1.88 bits per heavy atom. The zero-order chi connectivity index (χ0) is 22.1. The molecule has 4 aromatic carbocycles. The number of rotatable bonds is 2. The minimum absolute atomic E-state index is 0.217. The highest BCUT2D eigenvalue weighted by Crippen LogP contribution is 2.48. The van der Waals surface area contributed by atoms with Crippen LogP contribution in [-0.2, 0) is 0 Å². The smallest absolute Gasteiger partial charge is 0.264 e. The minimum Gasteiger partial charge on any atom is -0.285 e. The first-order valence-corrected chi connectivity index (χ1v) is 11.6. The Labute approximate surface area is 201 Å². The molecule has 5 rings (SSSR count). The molecule has 1 aliphatic rings. The van der Waals surface area contributed by atoms with Crippen LogP contribution in [-0.4, -0.2) is 11.0 Å². The lowest BCUT2D eigenvalue weighted by atomic mass is 10.1. The molecule has 0 N–H and O–H groups in total. The van der Waals surface area contributed by atoms with Crippen LogP contribution in [0, 0.1) is 0 Å². The number of benzene rings is 4. The van der Waals surface area contributed by atoms with Gasteiger partial charge in [0.15, 0.2) is 5.11 Å². The van der Waals surface area contributed by atoms with Crippen LogP contribution in [0.1, 0.15) is 10.4 Å². The van der Waals surface area contributed by atoms with Crippen molar-refractivity contribution in [2.45, 2.75) is 9.79 Å². The Morgan fingerprint density at radius 2 is 1.28 bits per heavy atom. The maximum atomic E-state index is 13.7. The molecule has 0 unspecified atom stereocenters. The minimum atomic E-state index is -0.217. The van der Waals surface area contributed by atoms with Crippen LogP contribution >= 0.6 is 35.6 Å². The topological polar surface area (TPSA) is 23.6 Å². The molecule has 32 heavy (non-hydrogen) atoms. The molecule has 0 fully saturated rings. The van der Waals surface area contributed by atoms with Crippen molar-refractivity contribution >= 4 is 63.7 Å². The van der Waals surface area contributed by atoms with E-state index in [1.54, 1.807) is 40.9 Å². The van der Waals surface area contributed by atoms with E-state index in [9.17, 15) is 4.79 Å². The van der Waals surface area contributed by atoms with Crippen molar-refractivity contribution in [3.8, 4) is 0 Å². The number of thiocarbonyl (C=S) groups is 1. The number of fused-ring (bicyclic) bond motifs is 2. The van der Waals surface area contributed by atoms with Crippen LogP contribution in [0.2, 0.25) is 5.02 Å². The van der Waals surface area contributed by atoms with E-state index < -0.39 is 0 Å². The number of hydrogen-bond acceptors (Lipinski definition) is 3. The maximum absolute atomic E-state index is 13.7. The molecular formula is C26H17ClN2OS2. The third kappa shape index (κ3) is 3.79. The second-order valence-corrected chi connectivity index (χ2v) is 9.02. The standard InChI is InChI=1S/C26H17ClN2OS2/c27-19-16-14-18(15-17-19)25(30)28(20-8-2-1-3-9-20)26(31)29-21-10-4-6-12-23(21)32-24-13-7-5-11-22(24)29/h1-17H. The number of anilines is 3. The number of carbonyl (C=O) groups is 1. The number of halogens is 1. The van der Waals surface area contributed by atoms with Gasteiger partial charge in [0.2, 0.25) is 0 Å². The van der Waals surface area contributed by atoms with Gasteiger partial charge in [0, 0.05) is 20.4 Å². The first-order chi connectivity index (χ1) is 15.6. The van der Waals surface area contributed by atoms with Crippen molar-refractivity contribution in [2.75, 3.05) is 9.80 Å². The summed E-state index contributed by atoms with van der Waals surface area (Å²) in [6.07, 6.45) is 0. The van der Waals surface area contributed by atoms with Gasteiger partial charge in [0.1, 0.15) is 0 Å². The molecule has 1 amide bonds. The monoisotopic (exact) mass is 472 g/mol. The van der Waals surface area contributed by atoms with Crippen LogP contribution in [0.4, 0.5) is 17.1 Å². The summed E-state index contributed by atoms with van der Waals surface area (Å²) < 4.78 is 0. The van der Waals surface area contributed by atoms with Gasteiger partial charge in [-0.3, -0.25) is 14.6 Å². The van der Waals surface area contributed by atoms with Gasteiger partial charge in [-0.2, -0.15) is 0 Å². The first kappa shape index (κ1) is 20.8. The number of nitrogens with zero attached hydrogens (tertiary/aromatic N) is 2. The van der Waals surface area contributed by atoms with E-state index in [2.05, 4.69) is 12.1 Å². The van der Waals surface area contributed by atoms with E-state index in [4.69, 9.17) is 23.8 Å². The van der Waals surface area contributed by atoms with Crippen LogP contribution in [0.15, 0.2) is 113 Å². The second-order valence-electron chi connectivity index (χ2n) is 7.14. The molecule has 0 aromatic heterocycles. The average molecular weight is 473 g/mol. The molecule has 6 heteroatoms. The fraction of sp³-hybridized carbons (Fsp3) is 0. The lowest BCUT2D eigenvalue weighted by Crippen LogP contribution is -2.45. The van der Waals surface area contributed by atoms with Gasteiger partial charge in [-0.25, -0.2) is 0 Å². The molecule has 0 spiro atoms. The Hall–Kier alpha value is -3.12. The molecule has 1 heterocycles. The first-order valence-electron chi connectivity index (χ1n) is 9.98. The van der Waals surface area contributed by atoms with Crippen LogP contribution in [0.25, 0.3) is 0 Å². The summed E-state index contributed by atoms with van der Waals surface area (Å²) in [6.45, 7) is 0. The highest BCUT2D eigenvalue weighted by Gasteiger charge is 2.32. The highest BCUT2D eigenvalue weighted by molar-refractivity contribution is 7.99. The van der Waals surface area contributed by atoms with Crippen LogP contribution in [0.3, 0.4) is 0 Å². The number of para-hydroxylation sites is 3. The lowest BCUT2D eigenvalue weighted by molar-refractivity contribution is 0.100. The Kier molecular flexibility index (Phi) is 5.70. The number of hydrogen-bond donors (Lipinski definition) is 0. The summed E-state index contributed by atoms with van der Waals surface area (Å²) in [4.78, 5) is 19.5. The van der Waals surface area contributed by atoms with Gasteiger partial charge < -0.3 is 0 Å². The zero-order valence-corrected chi connectivity index (χ0v) is 19.2. The summed E-state index contributed by atoms with van der Waals surface area (Å²) in [5.41, 5.74) is 3.11. The van der Waals surface area contributed by atoms with Crippen molar-refractivity contribution in [1.29, 1.82) is 0 Å². The Morgan fingerprint density at radius 1 is 0.750 bits per heavy atom.